The lowest BCUT2D eigenvalue weighted by Gasteiger charge is -2.12. The molecular weight excluding hydrogens is 360 g/mol. The summed E-state index contributed by atoms with van der Waals surface area (Å²) in [6, 6.07) is 8.15. The standard InChI is InChI=1S/C19H26N6OS/c1-4-14-13(16(5-2)26-25-14)12-23-18(20-3)21-10-11-22-19-24-15-8-6-7-9-17(15)27-19/h6-9H,4-5,10-12H2,1-3H3,(H,22,24)(H2,20,21,23). The normalized spacial score (nSPS) is 11.7. The summed E-state index contributed by atoms with van der Waals surface area (Å²) in [7, 11) is 1.77. The summed E-state index contributed by atoms with van der Waals surface area (Å²) >= 11 is 1.67. The van der Waals surface area contributed by atoms with Gasteiger partial charge in [0.1, 0.15) is 5.76 Å². The van der Waals surface area contributed by atoms with Crippen LogP contribution in [-0.4, -0.2) is 36.2 Å². The van der Waals surface area contributed by atoms with Gasteiger partial charge in [-0.15, -0.1) is 0 Å². The number of aliphatic imine (C=N–C) groups is 1. The number of aryl methyl sites for hydroxylation is 2. The minimum absolute atomic E-state index is 0.654. The maximum absolute atomic E-state index is 5.41. The van der Waals surface area contributed by atoms with E-state index in [0.717, 1.165) is 59.6 Å². The number of thiazole rings is 1. The van der Waals surface area contributed by atoms with Crippen LogP contribution in [-0.2, 0) is 19.4 Å². The summed E-state index contributed by atoms with van der Waals surface area (Å²) in [5.41, 5.74) is 3.17. The molecule has 0 saturated carbocycles. The Hall–Kier alpha value is -2.61. The van der Waals surface area contributed by atoms with Gasteiger partial charge in [0.05, 0.1) is 15.9 Å². The monoisotopic (exact) mass is 386 g/mol. The molecule has 3 rings (SSSR count). The van der Waals surface area contributed by atoms with E-state index in [1.165, 1.54) is 4.70 Å². The maximum Gasteiger partial charge on any atom is 0.191 e. The van der Waals surface area contributed by atoms with Gasteiger partial charge in [0, 0.05) is 38.7 Å². The average Bonchev–Trinajstić information content (AvgIpc) is 3.30. The van der Waals surface area contributed by atoms with E-state index in [1.54, 1.807) is 18.4 Å². The van der Waals surface area contributed by atoms with Crippen LogP contribution in [0.25, 0.3) is 10.2 Å². The van der Waals surface area contributed by atoms with E-state index < -0.39 is 0 Å². The van der Waals surface area contributed by atoms with E-state index in [0.29, 0.717) is 6.54 Å². The van der Waals surface area contributed by atoms with E-state index in [9.17, 15) is 0 Å². The fraction of sp³-hybridized carbons (Fsp3) is 0.421. The van der Waals surface area contributed by atoms with E-state index in [4.69, 9.17) is 4.52 Å². The molecule has 0 aliphatic heterocycles. The molecule has 2 heterocycles. The van der Waals surface area contributed by atoms with Gasteiger partial charge < -0.3 is 20.5 Å². The molecule has 0 radical (unpaired) electrons. The molecule has 7 nitrogen and oxygen atoms in total. The van der Waals surface area contributed by atoms with Crippen LogP contribution in [0.15, 0.2) is 33.8 Å². The molecule has 3 aromatic rings. The number of hydrogen-bond donors (Lipinski definition) is 3. The van der Waals surface area contributed by atoms with Gasteiger partial charge in [-0.05, 0) is 18.6 Å². The van der Waals surface area contributed by atoms with Crippen molar-refractivity contribution in [1.29, 1.82) is 0 Å². The Kier molecular flexibility index (Phi) is 6.64. The van der Waals surface area contributed by atoms with E-state index in [-0.39, 0.29) is 0 Å². The highest BCUT2D eigenvalue weighted by Gasteiger charge is 2.13. The zero-order valence-electron chi connectivity index (χ0n) is 16.0. The zero-order chi connectivity index (χ0) is 19.1. The molecule has 0 spiro atoms. The predicted octanol–water partition coefficient (Wildman–Crippen LogP) is 3.19. The van der Waals surface area contributed by atoms with Gasteiger partial charge in [-0.1, -0.05) is 42.5 Å². The number of nitrogens with one attached hydrogen (secondary N) is 3. The van der Waals surface area contributed by atoms with Crippen LogP contribution in [0.1, 0.15) is 30.9 Å². The molecule has 0 saturated heterocycles. The van der Waals surface area contributed by atoms with Crippen LogP contribution in [0.4, 0.5) is 5.13 Å². The third kappa shape index (κ3) is 4.77. The number of anilines is 1. The van der Waals surface area contributed by atoms with Gasteiger partial charge in [-0.3, -0.25) is 4.99 Å². The molecule has 1 aromatic carbocycles. The molecule has 0 aliphatic carbocycles. The number of nitrogens with zero attached hydrogens (tertiary/aromatic N) is 3. The Morgan fingerprint density at radius 3 is 2.74 bits per heavy atom. The van der Waals surface area contributed by atoms with E-state index in [1.807, 2.05) is 18.2 Å². The Morgan fingerprint density at radius 2 is 2.00 bits per heavy atom. The molecule has 0 atom stereocenters. The topological polar surface area (TPSA) is 87.4 Å². The van der Waals surface area contributed by atoms with Gasteiger partial charge in [-0.25, -0.2) is 4.98 Å². The largest absolute Gasteiger partial charge is 0.361 e. The molecule has 0 amide bonds. The first-order valence-electron chi connectivity index (χ1n) is 9.25. The molecule has 0 fully saturated rings. The van der Waals surface area contributed by atoms with Crippen molar-refractivity contribution < 1.29 is 4.52 Å². The summed E-state index contributed by atoms with van der Waals surface area (Å²) in [5.74, 6) is 1.69. The summed E-state index contributed by atoms with van der Waals surface area (Å²) in [5, 5.41) is 15.1. The first kappa shape index (κ1) is 19.2. The molecular formula is C19H26N6OS. The second-order valence-electron chi connectivity index (χ2n) is 6.00. The van der Waals surface area contributed by atoms with Crippen molar-refractivity contribution in [3.63, 3.8) is 0 Å². The summed E-state index contributed by atoms with van der Waals surface area (Å²) < 4.78 is 6.60. The van der Waals surface area contributed by atoms with Gasteiger partial charge in [0.25, 0.3) is 0 Å². The van der Waals surface area contributed by atoms with Crippen LogP contribution in [0.3, 0.4) is 0 Å². The van der Waals surface area contributed by atoms with Crippen molar-refractivity contribution in [2.75, 3.05) is 25.5 Å². The van der Waals surface area contributed by atoms with Crippen molar-refractivity contribution in [3.8, 4) is 0 Å². The van der Waals surface area contributed by atoms with Crippen LogP contribution in [0.2, 0.25) is 0 Å². The predicted molar refractivity (Wildman–Crippen MR) is 112 cm³/mol. The highest BCUT2D eigenvalue weighted by molar-refractivity contribution is 7.22. The third-order valence-corrected chi connectivity index (χ3v) is 5.24. The lowest BCUT2D eigenvalue weighted by molar-refractivity contribution is 0.380. The Labute approximate surface area is 163 Å². The maximum atomic E-state index is 5.41. The lowest BCUT2D eigenvalue weighted by atomic mass is 10.1. The average molecular weight is 387 g/mol. The molecule has 0 aliphatic rings. The molecule has 0 unspecified atom stereocenters. The van der Waals surface area contributed by atoms with Crippen molar-refractivity contribution in [3.05, 3.63) is 41.3 Å². The molecule has 27 heavy (non-hydrogen) atoms. The quantitative estimate of drug-likeness (QED) is 0.313. The summed E-state index contributed by atoms with van der Waals surface area (Å²) in [4.78, 5) is 8.85. The van der Waals surface area contributed by atoms with Crippen LogP contribution >= 0.6 is 11.3 Å². The zero-order valence-corrected chi connectivity index (χ0v) is 16.8. The van der Waals surface area contributed by atoms with E-state index in [2.05, 4.69) is 51.0 Å². The number of hydrogen-bond acceptors (Lipinski definition) is 6. The molecule has 0 bridgehead atoms. The highest BCUT2D eigenvalue weighted by Crippen LogP contribution is 2.24. The fourth-order valence-electron chi connectivity index (χ4n) is 2.83. The first-order valence-corrected chi connectivity index (χ1v) is 10.1. The highest BCUT2D eigenvalue weighted by atomic mass is 32.1. The smallest absolute Gasteiger partial charge is 0.191 e. The van der Waals surface area contributed by atoms with E-state index >= 15 is 0 Å². The summed E-state index contributed by atoms with van der Waals surface area (Å²) in [6.45, 7) is 6.31. The molecule has 8 heteroatoms. The molecule has 3 N–H and O–H groups in total. The number of guanidine groups is 1. The Bertz CT molecular complexity index is 846. The molecule has 144 valence electrons. The van der Waals surface area contributed by atoms with Crippen LogP contribution in [0, 0.1) is 0 Å². The number of aromatic nitrogens is 2. The number of fused-ring (bicyclic) bond motifs is 1. The van der Waals surface area contributed by atoms with Gasteiger partial charge in [-0.2, -0.15) is 0 Å². The van der Waals surface area contributed by atoms with Crippen molar-refractivity contribution >= 4 is 32.6 Å². The second-order valence-corrected chi connectivity index (χ2v) is 7.03. The first-order chi connectivity index (χ1) is 13.2. The van der Waals surface area contributed by atoms with Crippen LogP contribution < -0.4 is 16.0 Å². The lowest BCUT2D eigenvalue weighted by Crippen LogP contribution is -2.39. The summed E-state index contributed by atoms with van der Waals surface area (Å²) in [6.07, 6.45) is 1.70. The Morgan fingerprint density at radius 1 is 1.15 bits per heavy atom. The van der Waals surface area contributed by atoms with Gasteiger partial charge in [0.2, 0.25) is 0 Å². The van der Waals surface area contributed by atoms with Gasteiger partial charge in [0.15, 0.2) is 11.1 Å². The van der Waals surface area contributed by atoms with Crippen LogP contribution in [0.5, 0.6) is 0 Å². The Balaban J connectivity index is 1.46. The fourth-order valence-corrected chi connectivity index (χ4v) is 3.72. The number of para-hydroxylation sites is 1. The third-order valence-electron chi connectivity index (χ3n) is 4.25. The van der Waals surface area contributed by atoms with Crippen molar-refractivity contribution in [2.45, 2.75) is 33.2 Å². The minimum atomic E-state index is 0.654. The van der Waals surface area contributed by atoms with Gasteiger partial charge >= 0.3 is 0 Å². The SMILES string of the molecule is CCc1noc(CC)c1CNC(=NC)NCCNc1nc2ccccc2s1. The second kappa shape index (κ2) is 9.36. The van der Waals surface area contributed by atoms with Crippen molar-refractivity contribution in [2.24, 2.45) is 4.99 Å². The molecule has 2 aromatic heterocycles. The minimum Gasteiger partial charge on any atom is -0.361 e. The number of benzene rings is 1. The number of rotatable bonds is 8. The van der Waals surface area contributed by atoms with Crippen molar-refractivity contribution in [1.82, 2.24) is 20.8 Å².